The van der Waals surface area contributed by atoms with Gasteiger partial charge in [0.1, 0.15) is 6.29 Å². The van der Waals surface area contributed by atoms with Crippen molar-refractivity contribution in [3.05, 3.63) is 35.9 Å². The van der Waals surface area contributed by atoms with Crippen LogP contribution in [0.3, 0.4) is 0 Å². The van der Waals surface area contributed by atoms with Gasteiger partial charge in [-0.25, -0.2) is 4.79 Å². The number of carbonyl (C=O) groups excluding carboxylic acids is 2. The number of rotatable bonds is 5. The molecule has 1 aliphatic heterocycles. The highest BCUT2D eigenvalue weighted by Crippen LogP contribution is 2.39. The van der Waals surface area contributed by atoms with Crippen LogP contribution in [0.2, 0.25) is 0 Å². The third kappa shape index (κ3) is 2.23. The second-order valence-corrected chi connectivity index (χ2v) is 4.86. The molecule has 0 bridgehead atoms. The van der Waals surface area contributed by atoms with Crippen LogP contribution >= 0.6 is 0 Å². The van der Waals surface area contributed by atoms with E-state index in [2.05, 4.69) is 0 Å². The zero-order chi connectivity index (χ0) is 13.2. The summed E-state index contributed by atoms with van der Waals surface area (Å²) in [6, 6.07) is 9.63. The Morgan fingerprint density at radius 3 is 2.50 bits per heavy atom. The molecule has 4 nitrogen and oxygen atoms in total. The van der Waals surface area contributed by atoms with E-state index >= 15 is 0 Å². The van der Waals surface area contributed by atoms with Crippen LogP contribution in [0.25, 0.3) is 0 Å². The number of hydrogen-bond donors (Lipinski definition) is 0. The van der Waals surface area contributed by atoms with Gasteiger partial charge in [0.2, 0.25) is 0 Å². The monoisotopic (exact) mass is 247 g/mol. The third-order valence-electron chi connectivity index (χ3n) is 3.17. The van der Waals surface area contributed by atoms with Crippen molar-refractivity contribution in [3.8, 4) is 0 Å². The molecule has 1 aliphatic rings. The van der Waals surface area contributed by atoms with Gasteiger partial charge in [0, 0.05) is 6.42 Å². The minimum atomic E-state index is -0.597. The quantitative estimate of drug-likeness (QED) is 0.751. The first-order chi connectivity index (χ1) is 8.56. The van der Waals surface area contributed by atoms with Crippen LogP contribution in [-0.4, -0.2) is 23.0 Å². The number of benzene rings is 1. The second-order valence-electron chi connectivity index (χ2n) is 4.86. The Kier molecular flexibility index (Phi) is 3.36. The molecule has 0 spiro atoms. The summed E-state index contributed by atoms with van der Waals surface area (Å²) in [5.74, 6) is 0. The number of ether oxygens (including phenoxy) is 1. The van der Waals surface area contributed by atoms with Crippen molar-refractivity contribution < 1.29 is 14.3 Å². The van der Waals surface area contributed by atoms with Crippen LogP contribution in [0.15, 0.2) is 30.3 Å². The van der Waals surface area contributed by atoms with E-state index in [0.717, 1.165) is 11.8 Å². The predicted molar refractivity (Wildman–Crippen MR) is 66.9 cm³/mol. The van der Waals surface area contributed by atoms with Gasteiger partial charge in [0.15, 0.2) is 5.72 Å². The molecular weight excluding hydrogens is 230 g/mol. The molecule has 1 amide bonds. The minimum Gasteiger partial charge on any atom is -0.423 e. The molecule has 1 saturated heterocycles. The number of amides is 1. The van der Waals surface area contributed by atoms with E-state index in [9.17, 15) is 9.59 Å². The Bertz CT molecular complexity index is 442. The smallest absolute Gasteiger partial charge is 0.415 e. The standard InChI is InChI=1S/C14H17NO3/c1-14(2)15(13(17)18-14)12(9-6-10-16)11-7-4-3-5-8-11/h3-5,7-8,10,12H,6,9H2,1-2H3. The van der Waals surface area contributed by atoms with E-state index in [1.165, 1.54) is 0 Å². The van der Waals surface area contributed by atoms with Crippen molar-refractivity contribution in [2.24, 2.45) is 0 Å². The lowest BCUT2D eigenvalue weighted by molar-refractivity contribution is -0.181. The first-order valence-electron chi connectivity index (χ1n) is 6.07. The minimum absolute atomic E-state index is 0.104. The second kappa shape index (κ2) is 4.80. The molecule has 0 radical (unpaired) electrons. The normalized spacial score (nSPS) is 18.8. The first-order valence-corrected chi connectivity index (χ1v) is 6.07. The predicted octanol–water partition coefficient (Wildman–Crippen LogP) is 2.90. The highest BCUT2D eigenvalue weighted by atomic mass is 16.6. The molecule has 96 valence electrons. The summed E-state index contributed by atoms with van der Waals surface area (Å²) in [5, 5.41) is 0. The van der Waals surface area contributed by atoms with Gasteiger partial charge in [-0.2, -0.15) is 0 Å². The average Bonchev–Trinajstić information content (AvgIpc) is 2.34. The molecule has 0 aromatic heterocycles. The molecule has 1 heterocycles. The molecule has 0 aliphatic carbocycles. The topological polar surface area (TPSA) is 46.6 Å². The number of hydrogen-bond acceptors (Lipinski definition) is 3. The summed E-state index contributed by atoms with van der Waals surface area (Å²) in [6.45, 7) is 3.70. The van der Waals surface area contributed by atoms with Crippen LogP contribution < -0.4 is 0 Å². The lowest BCUT2D eigenvalue weighted by Gasteiger charge is -2.50. The van der Waals surface area contributed by atoms with Gasteiger partial charge in [-0.05, 0) is 25.8 Å². The van der Waals surface area contributed by atoms with Gasteiger partial charge in [0.25, 0.3) is 0 Å². The SMILES string of the molecule is CC1(C)OC(=O)N1C(CCC=O)c1ccccc1. The summed E-state index contributed by atoms with van der Waals surface area (Å²) < 4.78 is 5.12. The molecule has 1 atom stereocenters. The summed E-state index contributed by atoms with van der Waals surface area (Å²) >= 11 is 0. The molecular formula is C14H17NO3. The van der Waals surface area contributed by atoms with E-state index in [4.69, 9.17) is 4.74 Å². The third-order valence-corrected chi connectivity index (χ3v) is 3.17. The highest BCUT2D eigenvalue weighted by molar-refractivity contribution is 5.74. The van der Waals surface area contributed by atoms with E-state index in [0.29, 0.717) is 12.8 Å². The Morgan fingerprint density at radius 1 is 1.33 bits per heavy atom. The van der Waals surface area contributed by atoms with Crippen molar-refractivity contribution in [1.29, 1.82) is 0 Å². The Labute approximate surface area is 107 Å². The maximum atomic E-state index is 11.6. The first kappa shape index (κ1) is 12.6. The largest absolute Gasteiger partial charge is 0.423 e. The molecule has 2 rings (SSSR count). The van der Waals surface area contributed by atoms with Crippen LogP contribution in [0.1, 0.15) is 38.3 Å². The number of cyclic esters (lactones) is 1. The molecule has 1 aromatic carbocycles. The van der Waals surface area contributed by atoms with Gasteiger partial charge < -0.3 is 9.53 Å². The Hall–Kier alpha value is -1.84. The van der Waals surface area contributed by atoms with Gasteiger partial charge in [-0.3, -0.25) is 4.90 Å². The van der Waals surface area contributed by atoms with Crippen LogP contribution in [0.5, 0.6) is 0 Å². The van der Waals surface area contributed by atoms with E-state index in [1.807, 2.05) is 44.2 Å². The number of nitrogens with zero attached hydrogens (tertiary/aromatic N) is 1. The highest BCUT2D eigenvalue weighted by Gasteiger charge is 2.49. The van der Waals surface area contributed by atoms with Crippen molar-refractivity contribution in [3.63, 3.8) is 0 Å². The molecule has 4 heteroatoms. The Morgan fingerprint density at radius 2 is 2.00 bits per heavy atom. The van der Waals surface area contributed by atoms with Crippen LogP contribution in [0.4, 0.5) is 4.79 Å². The summed E-state index contributed by atoms with van der Waals surface area (Å²) in [6.07, 6.45) is 1.61. The van der Waals surface area contributed by atoms with Crippen molar-refractivity contribution in [2.45, 2.75) is 38.5 Å². The van der Waals surface area contributed by atoms with E-state index in [-0.39, 0.29) is 12.1 Å². The number of carbonyl (C=O) groups is 2. The molecule has 1 aromatic rings. The van der Waals surface area contributed by atoms with E-state index < -0.39 is 5.72 Å². The Balaban J connectivity index is 2.25. The van der Waals surface area contributed by atoms with Gasteiger partial charge in [-0.15, -0.1) is 0 Å². The van der Waals surface area contributed by atoms with E-state index in [1.54, 1.807) is 4.90 Å². The average molecular weight is 247 g/mol. The fraction of sp³-hybridized carbons (Fsp3) is 0.429. The van der Waals surface area contributed by atoms with Gasteiger partial charge in [-0.1, -0.05) is 30.3 Å². The van der Waals surface area contributed by atoms with Crippen molar-refractivity contribution >= 4 is 12.4 Å². The zero-order valence-electron chi connectivity index (χ0n) is 10.6. The van der Waals surface area contributed by atoms with Gasteiger partial charge >= 0.3 is 6.09 Å². The fourth-order valence-corrected chi connectivity index (χ4v) is 2.34. The summed E-state index contributed by atoms with van der Waals surface area (Å²) in [4.78, 5) is 23.9. The number of aldehydes is 1. The molecule has 0 saturated carbocycles. The molecule has 0 N–H and O–H groups in total. The summed E-state index contributed by atoms with van der Waals surface area (Å²) in [5.41, 5.74) is 0.435. The fourth-order valence-electron chi connectivity index (χ4n) is 2.34. The van der Waals surface area contributed by atoms with Crippen molar-refractivity contribution in [1.82, 2.24) is 4.90 Å². The lowest BCUT2D eigenvalue weighted by atomic mass is 9.97. The molecule has 1 fully saturated rings. The maximum Gasteiger partial charge on any atom is 0.415 e. The molecule has 1 unspecified atom stereocenters. The lowest BCUT2D eigenvalue weighted by Crippen LogP contribution is -2.62. The molecule has 18 heavy (non-hydrogen) atoms. The summed E-state index contributed by atoms with van der Waals surface area (Å²) in [7, 11) is 0. The van der Waals surface area contributed by atoms with Crippen LogP contribution in [0, 0.1) is 0 Å². The van der Waals surface area contributed by atoms with Crippen molar-refractivity contribution in [2.75, 3.05) is 0 Å². The zero-order valence-corrected chi connectivity index (χ0v) is 10.6. The maximum absolute atomic E-state index is 11.6. The van der Waals surface area contributed by atoms with Crippen LogP contribution in [-0.2, 0) is 9.53 Å². The van der Waals surface area contributed by atoms with Gasteiger partial charge in [0.05, 0.1) is 6.04 Å².